The smallest absolute Gasteiger partial charge is 0.264 e. The van der Waals surface area contributed by atoms with E-state index in [-0.39, 0.29) is 12.5 Å². The largest absolute Gasteiger partial charge is 0.482 e. The summed E-state index contributed by atoms with van der Waals surface area (Å²) in [6.07, 6.45) is 2.02. The third kappa shape index (κ3) is 4.42. The molecule has 0 aliphatic rings. The van der Waals surface area contributed by atoms with Gasteiger partial charge >= 0.3 is 0 Å². The lowest BCUT2D eigenvalue weighted by Crippen LogP contribution is -2.20. The molecule has 22 heavy (non-hydrogen) atoms. The standard InChI is InChI=1S/C15H18ClN3O2S/c1-3-10(4-2)14-18-19-15(22-14)17-13(20)9-21-12-8-6-5-7-11(12)16/h5-8,10H,3-4,9H2,1-2H3,(H,17,19,20). The van der Waals surface area contributed by atoms with Crippen LogP contribution in [0.4, 0.5) is 5.13 Å². The van der Waals surface area contributed by atoms with Crippen molar-refractivity contribution in [3.63, 3.8) is 0 Å². The molecule has 0 saturated carbocycles. The number of carbonyl (C=O) groups is 1. The van der Waals surface area contributed by atoms with Gasteiger partial charge < -0.3 is 4.74 Å². The van der Waals surface area contributed by atoms with E-state index in [2.05, 4.69) is 29.4 Å². The Labute approximate surface area is 138 Å². The molecule has 1 aromatic heterocycles. The molecule has 0 aliphatic carbocycles. The van der Waals surface area contributed by atoms with Crippen molar-refractivity contribution in [1.29, 1.82) is 0 Å². The summed E-state index contributed by atoms with van der Waals surface area (Å²) >= 11 is 7.37. The number of rotatable bonds is 7. The zero-order chi connectivity index (χ0) is 15.9. The van der Waals surface area contributed by atoms with Gasteiger partial charge in [-0.2, -0.15) is 0 Å². The van der Waals surface area contributed by atoms with E-state index in [0.717, 1.165) is 17.8 Å². The fourth-order valence-electron chi connectivity index (χ4n) is 1.95. The molecule has 0 unspecified atom stereocenters. The molecule has 0 spiro atoms. The number of hydrogen-bond donors (Lipinski definition) is 1. The van der Waals surface area contributed by atoms with Gasteiger partial charge in [0.05, 0.1) is 5.02 Å². The molecule has 0 aliphatic heterocycles. The number of aromatic nitrogens is 2. The van der Waals surface area contributed by atoms with Crippen LogP contribution in [0.3, 0.4) is 0 Å². The van der Waals surface area contributed by atoms with Crippen molar-refractivity contribution in [3.05, 3.63) is 34.3 Å². The highest BCUT2D eigenvalue weighted by atomic mass is 35.5. The second-order valence-corrected chi connectivity index (χ2v) is 6.14. The maximum absolute atomic E-state index is 11.9. The fraction of sp³-hybridized carbons (Fsp3) is 0.400. The van der Waals surface area contributed by atoms with E-state index in [4.69, 9.17) is 16.3 Å². The zero-order valence-electron chi connectivity index (χ0n) is 12.5. The maximum Gasteiger partial charge on any atom is 0.264 e. The summed E-state index contributed by atoms with van der Waals surface area (Å²) in [5.41, 5.74) is 0. The Morgan fingerprint density at radius 1 is 1.32 bits per heavy atom. The molecule has 0 bridgehead atoms. The SMILES string of the molecule is CCC(CC)c1nnc(NC(=O)COc2ccccc2Cl)s1. The third-order valence-corrected chi connectivity index (χ3v) is 4.53. The normalized spacial score (nSPS) is 10.7. The summed E-state index contributed by atoms with van der Waals surface area (Å²) in [4.78, 5) is 11.9. The van der Waals surface area contributed by atoms with Gasteiger partial charge in [0.1, 0.15) is 10.8 Å². The van der Waals surface area contributed by atoms with Crippen LogP contribution in [0.25, 0.3) is 0 Å². The van der Waals surface area contributed by atoms with Crippen molar-refractivity contribution in [1.82, 2.24) is 10.2 Å². The first-order valence-electron chi connectivity index (χ1n) is 7.14. The Morgan fingerprint density at radius 2 is 2.05 bits per heavy atom. The molecule has 7 heteroatoms. The Balaban J connectivity index is 1.88. The minimum Gasteiger partial charge on any atom is -0.482 e. The lowest BCUT2D eigenvalue weighted by Gasteiger charge is -2.07. The van der Waals surface area contributed by atoms with Crippen LogP contribution in [0.5, 0.6) is 5.75 Å². The average Bonchev–Trinajstić information content (AvgIpc) is 2.96. The van der Waals surface area contributed by atoms with Crippen LogP contribution >= 0.6 is 22.9 Å². The lowest BCUT2D eigenvalue weighted by molar-refractivity contribution is -0.118. The molecule has 5 nitrogen and oxygen atoms in total. The highest BCUT2D eigenvalue weighted by Crippen LogP contribution is 2.28. The van der Waals surface area contributed by atoms with Crippen molar-refractivity contribution in [2.45, 2.75) is 32.6 Å². The van der Waals surface area contributed by atoms with Gasteiger partial charge in [-0.15, -0.1) is 10.2 Å². The Kier molecular flexibility index (Phi) is 6.15. The van der Waals surface area contributed by atoms with E-state index in [1.54, 1.807) is 24.3 Å². The number of anilines is 1. The summed E-state index contributed by atoms with van der Waals surface area (Å²) < 4.78 is 5.38. The first-order chi connectivity index (χ1) is 10.6. The number of para-hydroxylation sites is 1. The molecule has 2 aromatic rings. The second-order valence-electron chi connectivity index (χ2n) is 4.73. The number of hydrogen-bond acceptors (Lipinski definition) is 5. The van der Waals surface area contributed by atoms with Crippen LogP contribution in [0.2, 0.25) is 5.02 Å². The molecule has 1 heterocycles. The fourth-order valence-corrected chi connectivity index (χ4v) is 3.16. The van der Waals surface area contributed by atoms with Crippen molar-refractivity contribution in [2.24, 2.45) is 0 Å². The van der Waals surface area contributed by atoms with Gasteiger partial charge in [0.15, 0.2) is 6.61 Å². The van der Waals surface area contributed by atoms with Gasteiger partial charge in [0, 0.05) is 5.92 Å². The molecule has 2 rings (SSSR count). The minimum absolute atomic E-state index is 0.121. The van der Waals surface area contributed by atoms with E-state index < -0.39 is 0 Å². The molecule has 1 N–H and O–H groups in total. The van der Waals surface area contributed by atoms with Gasteiger partial charge in [-0.05, 0) is 25.0 Å². The van der Waals surface area contributed by atoms with Gasteiger partial charge in [-0.25, -0.2) is 0 Å². The predicted octanol–water partition coefficient (Wildman–Crippen LogP) is 4.11. The van der Waals surface area contributed by atoms with Gasteiger partial charge in [-0.3, -0.25) is 10.1 Å². The van der Waals surface area contributed by atoms with E-state index in [1.807, 2.05) is 0 Å². The number of ether oxygens (including phenoxy) is 1. The number of nitrogens with one attached hydrogen (secondary N) is 1. The highest BCUT2D eigenvalue weighted by Gasteiger charge is 2.15. The predicted molar refractivity (Wildman–Crippen MR) is 88.8 cm³/mol. The number of halogens is 1. The van der Waals surface area contributed by atoms with E-state index in [0.29, 0.717) is 21.8 Å². The lowest BCUT2D eigenvalue weighted by atomic mass is 10.1. The molecule has 118 valence electrons. The summed E-state index contributed by atoms with van der Waals surface area (Å²) in [5.74, 6) is 0.587. The zero-order valence-corrected chi connectivity index (χ0v) is 14.1. The van der Waals surface area contributed by atoms with E-state index >= 15 is 0 Å². The quantitative estimate of drug-likeness (QED) is 0.824. The summed E-state index contributed by atoms with van der Waals surface area (Å²) in [5, 5.41) is 12.7. The van der Waals surface area contributed by atoms with Crippen molar-refractivity contribution in [3.8, 4) is 5.75 Å². The molecular weight excluding hydrogens is 322 g/mol. The van der Waals surface area contributed by atoms with Gasteiger partial charge in [-0.1, -0.05) is 48.9 Å². The van der Waals surface area contributed by atoms with Crippen LogP contribution in [-0.4, -0.2) is 22.7 Å². The maximum atomic E-state index is 11.9. The van der Waals surface area contributed by atoms with Crippen LogP contribution < -0.4 is 10.1 Å². The third-order valence-electron chi connectivity index (χ3n) is 3.22. The van der Waals surface area contributed by atoms with Crippen LogP contribution in [0.1, 0.15) is 37.6 Å². The van der Waals surface area contributed by atoms with Crippen molar-refractivity contribution < 1.29 is 9.53 Å². The summed E-state index contributed by atoms with van der Waals surface area (Å²) in [6, 6.07) is 7.02. The Bertz CT molecular complexity index is 629. The van der Waals surface area contributed by atoms with Crippen LogP contribution in [-0.2, 0) is 4.79 Å². The molecule has 0 radical (unpaired) electrons. The molecule has 0 fully saturated rings. The first-order valence-corrected chi connectivity index (χ1v) is 8.34. The molecular formula is C15H18ClN3O2S. The minimum atomic E-state index is -0.285. The van der Waals surface area contributed by atoms with Crippen molar-refractivity contribution >= 4 is 34.0 Å². The summed E-state index contributed by atoms with van der Waals surface area (Å²) in [7, 11) is 0. The molecule has 1 amide bonds. The van der Waals surface area contributed by atoms with Crippen LogP contribution in [0.15, 0.2) is 24.3 Å². The number of nitrogens with zero attached hydrogens (tertiary/aromatic N) is 2. The molecule has 0 atom stereocenters. The Hall–Kier alpha value is -1.66. The highest BCUT2D eigenvalue weighted by molar-refractivity contribution is 7.15. The van der Waals surface area contributed by atoms with E-state index in [1.165, 1.54) is 11.3 Å². The summed E-state index contributed by atoms with van der Waals surface area (Å²) in [6.45, 7) is 4.11. The van der Waals surface area contributed by atoms with E-state index in [9.17, 15) is 4.79 Å². The first kappa shape index (κ1) is 16.7. The molecule has 0 saturated heterocycles. The van der Waals surface area contributed by atoms with Crippen LogP contribution in [0, 0.1) is 0 Å². The van der Waals surface area contributed by atoms with Gasteiger partial charge in [0.2, 0.25) is 5.13 Å². The Morgan fingerprint density at radius 3 is 2.73 bits per heavy atom. The number of amides is 1. The second kappa shape index (κ2) is 8.10. The monoisotopic (exact) mass is 339 g/mol. The van der Waals surface area contributed by atoms with Gasteiger partial charge in [0.25, 0.3) is 5.91 Å². The molecule has 1 aromatic carbocycles. The average molecular weight is 340 g/mol. The number of carbonyl (C=O) groups excluding carboxylic acids is 1. The van der Waals surface area contributed by atoms with Crippen molar-refractivity contribution in [2.75, 3.05) is 11.9 Å². The topological polar surface area (TPSA) is 64.1 Å². The number of benzene rings is 1.